The lowest BCUT2D eigenvalue weighted by Gasteiger charge is -2.24. The topological polar surface area (TPSA) is 9.23 Å². The summed E-state index contributed by atoms with van der Waals surface area (Å²) in [4.78, 5) is 0. The summed E-state index contributed by atoms with van der Waals surface area (Å²) in [7, 11) is 1.77. The molecule has 1 aliphatic rings. The molecule has 1 heteroatoms. The van der Waals surface area contributed by atoms with E-state index >= 15 is 0 Å². The van der Waals surface area contributed by atoms with Gasteiger partial charge in [0.1, 0.15) is 0 Å². The fraction of sp³-hybridized carbons (Fsp3) is 0.368. The van der Waals surface area contributed by atoms with Crippen molar-refractivity contribution in [2.45, 2.75) is 39.2 Å². The van der Waals surface area contributed by atoms with Crippen molar-refractivity contribution in [3.63, 3.8) is 0 Å². The molecule has 0 saturated heterocycles. The summed E-state index contributed by atoms with van der Waals surface area (Å²) in [6, 6.07) is 13.3. The van der Waals surface area contributed by atoms with Crippen molar-refractivity contribution in [3.05, 3.63) is 58.7 Å². The second kappa shape index (κ2) is 4.75. The third kappa shape index (κ3) is 2.06. The zero-order valence-electron chi connectivity index (χ0n) is 12.8. The first-order chi connectivity index (χ1) is 9.52. The third-order valence-electron chi connectivity index (χ3n) is 4.17. The molecule has 0 spiro atoms. The van der Waals surface area contributed by atoms with Crippen LogP contribution in [0.4, 0.5) is 0 Å². The zero-order valence-corrected chi connectivity index (χ0v) is 12.8. The van der Waals surface area contributed by atoms with Crippen molar-refractivity contribution < 1.29 is 4.74 Å². The van der Waals surface area contributed by atoms with Crippen molar-refractivity contribution in [1.29, 1.82) is 0 Å². The summed E-state index contributed by atoms with van der Waals surface area (Å²) < 4.78 is 5.38. The first kappa shape index (κ1) is 13.4. The molecule has 0 N–H and O–H groups in total. The van der Waals surface area contributed by atoms with Gasteiger partial charge in [-0.1, -0.05) is 57.2 Å². The molecule has 0 atom stereocenters. The standard InChI is InChI=1S/C19H22O/c1-19(2,3)17-10-9-14(12-20-4)16-11-13-7-5-6-8-15(13)18(16)17/h5-10H,11-12H2,1-4H3. The lowest BCUT2D eigenvalue weighted by Crippen LogP contribution is -2.13. The van der Waals surface area contributed by atoms with Crippen LogP contribution in [0, 0.1) is 0 Å². The van der Waals surface area contributed by atoms with Crippen LogP contribution in [-0.4, -0.2) is 7.11 Å². The van der Waals surface area contributed by atoms with Crippen LogP contribution in [0.1, 0.15) is 43.0 Å². The first-order valence-electron chi connectivity index (χ1n) is 7.25. The van der Waals surface area contributed by atoms with Gasteiger partial charge in [-0.2, -0.15) is 0 Å². The molecular weight excluding hydrogens is 244 g/mol. The van der Waals surface area contributed by atoms with Crippen LogP contribution in [-0.2, 0) is 23.2 Å². The Morgan fingerprint density at radius 3 is 2.50 bits per heavy atom. The third-order valence-corrected chi connectivity index (χ3v) is 4.17. The minimum atomic E-state index is 0.160. The summed E-state index contributed by atoms with van der Waals surface area (Å²) in [6.45, 7) is 7.57. The second-order valence-electron chi connectivity index (χ2n) is 6.64. The predicted octanol–water partition coefficient (Wildman–Crippen LogP) is 4.70. The first-order valence-corrected chi connectivity index (χ1v) is 7.25. The van der Waals surface area contributed by atoms with Gasteiger partial charge in [-0.15, -0.1) is 0 Å². The molecule has 2 aromatic rings. The Morgan fingerprint density at radius 2 is 1.80 bits per heavy atom. The van der Waals surface area contributed by atoms with E-state index in [1.807, 2.05) is 0 Å². The molecule has 3 rings (SSSR count). The number of ether oxygens (including phenoxy) is 1. The molecule has 0 aliphatic heterocycles. The highest BCUT2D eigenvalue weighted by Gasteiger charge is 2.28. The maximum atomic E-state index is 5.38. The van der Waals surface area contributed by atoms with E-state index in [0.29, 0.717) is 6.61 Å². The van der Waals surface area contributed by atoms with E-state index in [9.17, 15) is 0 Å². The van der Waals surface area contributed by atoms with E-state index < -0.39 is 0 Å². The molecule has 0 bridgehead atoms. The Balaban J connectivity index is 2.27. The normalized spacial score (nSPS) is 13.2. The van der Waals surface area contributed by atoms with Gasteiger partial charge in [-0.25, -0.2) is 0 Å². The second-order valence-corrected chi connectivity index (χ2v) is 6.64. The molecule has 1 nitrogen and oxygen atoms in total. The maximum Gasteiger partial charge on any atom is 0.0716 e. The summed E-state index contributed by atoms with van der Waals surface area (Å²) in [5.41, 5.74) is 8.68. The molecule has 104 valence electrons. The van der Waals surface area contributed by atoms with Gasteiger partial charge < -0.3 is 4.74 Å². The van der Waals surface area contributed by atoms with Crippen LogP contribution >= 0.6 is 0 Å². The summed E-state index contributed by atoms with van der Waals surface area (Å²) in [5, 5.41) is 0. The van der Waals surface area contributed by atoms with Crippen molar-refractivity contribution >= 4 is 0 Å². The minimum Gasteiger partial charge on any atom is -0.380 e. The van der Waals surface area contributed by atoms with E-state index in [4.69, 9.17) is 4.74 Å². The highest BCUT2D eigenvalue weighted by atomic mass is 16.5. The van der Waals surface area contributed by atoms with Gasteiger partial charge in [-0.05, 0) is 45.2 Å². The van der Waals surface area contributed by atoms with Gasteiger partial charge in [0.2, 0.25) is 0 Å². The van der Waals surface area contributed by atoms with Crippen LogP contribution in [0.25, 0.3) is 11.1 Å². The van der Waals surface area contributed by atoms with E-state index in [2.05, 4.69) is 57.2 Å². The minimum absolute atomic E-state index is 0.160. The summed E-state index contributed by atoms with van der Waals surface area (Å²) in [6.07, 6.45) is 1.04. The van der Waals surface area contributed by atoms with Crippen molar-refractivity contribution in [2.24, 2.45) is 0 Å². The molecule has 1 aliphatic carbocycles. The fourth-order valence-corrected chi connectivity index (χ4v) is 3.23. The Morgan fingerprint density at radius 1 is 1.05 bits per heavy atom. The van der Waals surface area contributed by atoms with Gasteiger partial charge >= 0.3 is 0 Å². The molecular formula is C19H22O. The maximum absolute atomic E-state index is 5.38. The fourth-order valence-electron chi connectivity index (χ4n) is 3.23. The van der Waals surface area contributed by atoms with Crippen molar-refractivity contribution in [3.8, 4) is 11.1 Å². The molecule has 0 radical (unpaired) electrons. The number of methoxy groups -OCH3 is 1. The molecule has 20 heavy (non-hydrogen) atoms. The Kier molecular flexibility index (Phi) is 3.18. The SMILES string of the molecule is COCc1ccc(C(C)(C)C)c2c1Cc1ccccc1-2. The van der Waals surface area contributed by atoms with E-state index in [-0.39, 0.29) is 5.41 Å². The molecule has 0 heterocycles. The number of fused-ring (bicyclic) bond motifs is 3. The predicted molar refractivity (Wildman–Crippen MR) is 84.1 cm³/mol. The average Bonchev–Trinajstić information content (AvgIpc) is 2.78. The van der Waals surface area contributed by atoms with E-state index in [1.54, 1.807) is 7.11 Å². The van der Waals surface area contributed by atoms with Gasteiger partial charge in [0.25, 0.3) is 0 Å². The number of benzene rings is 2. The average molecular weight is 266 g/mol. The quantitative estimate of drug-likeness (QED) is 0.653. The van der Waals surface area contributed by atoms with E-state index in [1.165, 1.54) is 33.4 Å². The van der Waals surface area contributed by atoms with Gasteiger partial charge in [0.15, 0.2) is 0 Å². The Bertz CT molecular complexity index is 647. The smallest absolute Gasteiger partial charge is 0.0716 e. The number of hydrogen-bond donors (Lipinski definition) is 0. The molecule has 0 amide bonds. The summed E-state index contributed by atoms with van der Waals surface area (Å²) >= 11 is 0. The van der Waals surface area contributed by atoms with Crippen LogP contribution in [0.5, 0.6) is 0 Å². The largest absolute Gasteiger partial charge is 0.380 e. The number of hydrogen-bond acceptors (Lipinski definition) is 1. The summed E-state index contributed by atoms with van der Waals surface area (Å²) in [5.74, 6) is 0. The van der Waals surface area contributed by atoms with Crippen LogP contribution in [0.3, 0.4) is 0 Å². The van der Waals surface area contributed by atoms with Gasteiger partial charge in [-0.3, -0.25) is 0 Å². The zero-order chi connectivity index (χ0) is 14.3. The van der Waals surface area contributed by atoms with Crippen molar-refractivity contribution in [1.82, 2.24) is 0 Å². The molecule has 0 unspecified atom stereocenters. The lowest BCUT2D eigenvalue weighted by molar-refractivity contribution is 0.184. The monoisotopic (exact) mass is 266 g/mol. The highest BCUT2D eigenvalue weighted by Crippen LogP contribution is 2.44. The molecule has 2 aromatic carbocycles. The number of rotatable bonds is 2. The van der Waals surface area contributed by atoms with Crippen LogP contribution in [0.15, 0.2) is 36.4 Å². The Hall–Kier alpha value is -1.60. The molecule has 0 fully saturated rings. The van der Waals surface area contributed by atoms with Crippen LogP contribution < -0.4 is 0 Å². The van der Waals surface area contributed by atoms with Crippen molar-refractivity contribution in [2.75, 3.05) is 7.11 Å². The lowest BCUT2D eigenvalue weighted by atomic mass is 9.80. The molecule has 0 aromatic heterocycles. The Labute approximate surface area is 121 Å². The van der Waals surface area contributed by atoms with Gasteiger partial charge in [0.05, 0.1) is 6.61 Å². The van der Waals surface area contributed by atoms with Gasteiger partial charge in [0, 0.05) is 7.11 Å². The highest BCUT2D eigenvalue weighted by molar-refractivity contribution is 5.81. The van der Waals surface area contributed by atoms with Crippen LogP contribution in [0.2, 0.25) is 0 Å². The molecule has 0 saturated carbocycles. The van der Waals surface area contributed by atoms with E-state index in [0.717, 1.165) is 6.42 Å².